The van der Waals surface area contributed by atoms with Gasteiger partial charge in [-0.25, -0.2) is 5.10 Å². The Hall–Kier alpha value is -1.14. The lowest BCUT2D eigenvalue weighted by Gasteiger charge is -2.22. The van der Waals surface area contributed by atoms with E-state index in [1.54, 1.807) is 17.5 Å². The molecule has 0 amide bonds. The molecule has 0 saturated heterocycles. The van der Waals surface area contributed by atoms with Crippen molar-refractivity contribution in [2.45, 2.75) is 19.9 Å². The molecule has 2 aromatic heterocycles. The van der Waals surface area contributed by atoms with Crippen LogP contribution < -0.4 is 10.9 Å². The number of halogens is 1. The predicted octanol–water partition coefficient (Wildman–Crippen LogP) is 3.40. The van der Waals surface area contributed by atoms with Crippen LogP contribution in [0.3, 0.4) is 0 Å². The second-order valence-corrected chi connectivity index (χ2v) is 6.08. The Kier molecular flexibility index (Phi) is 4.19. The third kappa shape index (κ3) is 2.81. The molecular weight excluding hydrogens is 314 g/mol. The molecule has 0 aliphatic rings. The molecule has 0 bridgehead atoms. The van der Waals surface area contributed by atoms with Crippen molar-refractivity contribution < 1.29 is 0 Å². The summed E-state index contributed by atoms with van der Waals surface area (Å²) in [5.41, 5.74) is 0.486. The topological polar surface area (TPSA) is 57.8 Å². The summed E-state index contributed by atoms with van der Waals surface area (Å²) >= 11 is 4.98. The quantitative estimate of drug-likeness (QED) is 0.904. The van der Waals surface area contributed by atoms with Crippen LogP contribution in [-0.4, -0.2) is 10.2 Å². The lowest BCUT2D eigenvalue weighted by atomic mass is 10.0. The highest BCUT2D eigenvalue weighted by atomic mass is 79.9. The summed E-state index contributed by atoms with van der Waals surface area (Å²) in [5, 5.41) is 11.6. The third-order valence-electron chi connectivity index (χ3n) is 2.62. The number of rotatable bonds is 4. The molecule has 2 aromatic rings. The second kappa shape index (κ2) is 5.67. The van der Waals surface area contributed by atoms with E-state index >= 15 is 0 Å². The molecule has 0 radical (unpaired) electrons. The molecule has 2 N–H and O–H groups in total. The van der Waals surface area contributed by atoms with Gasteiger partial charge in [-0.05, 0) is 33.3 Å². The maximum absolute atomic E-state index is 11.5. The van der Waals surface area contributed by atoms with Crippen molar-refractivity contribution in [3.63, 3.8) is 0 Å². The number of hydrogen-bond acceptors (Lipinski definition) is 4. The molecule has 6 heteroatoms. The summed E-state index contributed by atoms with van der Waals surface area (Å²) in [6, 6.07) is 4.30. The van der Waals surface area contributed by atoms with Gasteiger partial charge in [0.1, 0.15) is 4.47 Å². The zero-order chi connectivity index (χ0) is 13.1. The fraction of sp³-hybridized carbons (Fsp3) is 0.333. The number of nitrogens with zero attached hydrogens (tertiary/aromatic N) is 1. The first-order valence-electron chi connectivity index (χ1n) is 5.62. The summed E-state index contributed by atoms with van der Waals surface area (Å²) < 4.78 is 0.486. The Bertz CT molecular complexity index is 565. The molecule has 18 heavy (non-hydrogen) atoms. The van der Waals surface area contributed by atoms with Gasteiger partial charge in [-0.2, -0.15) is 5.10 Å². The average Bonchev–Trinajstić information content (AvgIpc) is 2.84. The molecule has 1 unspecified atom stereocenters. The molecule has 1 atom stereocenters. The van der Waals surface area contributed by atoms with E-state index in [-0.39, 0.29) is 11.6 Å². The van der Waals surface area contributed by atoms with E-state index in [0.29, 0.717) is 16.1 Å². The van der Waals surface area contributed by atoms with Crippen LogP contribution in [0.2, 0.25) is 0 Å². The maximum Gasteiger partial charge on any atom is 0.280 e. The van der Waals surface area contributed by atoms with E-state index in [9.17, 15) is 4.79 Å². The largest absolute Gasteiger partial charge is 0.375 e. The van der Waals surface area contributed by atoms with Crippen molar-refractivity contribution in [1.29, 1.82) is 0 Å². The lowest BCUT2D eigenvalue weighted by Crippen LogP contribution is -2.19. The molecule has 2 rings (SSSR count). The Morgan fingerprint density at radius 2 is 2.28 bits per heavy atom. The highest BCUT2D eigenvalue weighted by Crippen LogP contribution is 2.30. The number of anilines is 1. The van der Waals surface area contributed by atoms with Crippen LogP contribution in [0.25, 0.3) is 0 Å². The van der Waals surface area contributed by atoms with Gasteiger partial charge in [-0.1, -0.05) is 19.9 Å². The molecule has 4 nitrogen and oxygen atoms in total. The van der Waals surface area contributed by atoms with Crippen molar-refractivity contribution in [2.24, 2.45) is 5.92 Å². The predicted molar refractivity (Wildman–Crippen MR) is 78.1 cm³/mol. The van der Waals surface area contributed by atoms with Gasteiger partial charge in [-0.15, -0.1) is 11.3 Å². The molecule has 0 aliphatic heterocycles. The molecule has 0 aromatic carbocycles. The standard InChI is InChI=1S/C12H14BrN3OS/c1-7(2)11(9-4-3-5-18-9)15-8-6-14-16-12(17)10(8)13/h3-7,11H,1-2H3,(H2,15,16,17). The first-order valence-corrected chi connectivity index (χ1v) is 7.30. The van der Waals surface area contributed by atoms with E-state index in [4.69, 9.17) is 0 Å². The van der Waals surface area contributed by atoms with Gasteiger partial charge >= 0.3 is 0 Å². The zero-order valence-corrected chi connectivity index (χ0v) is 12.5. The van der Waals surface area contributed by atoms with Crippen molar-refractivity contribution >= 4 is 33.0 Å². The summed E-state index contributed by atoms with van der Waals surface area (Å²) in [7, 11) is 0. The molecular formula is C12H14BrN3OS. The van der Waals surface area contributed by atoms with Gasteiger partial charge in [0.05, 0.1) is 17.9 Å². The molecule has 2 heterocycles. The minimum atomic E-state index is -0.228. The normalized spacial score (nSPS) is 12.7. The number of aromatic nitrogens is 2. The first kappa shape index (κ1) is 13.3. The molecule has 0 fully saturated rings. The third-order valence-corrected chi connectivity index (χ3v) is 4.37. The van der Waals surface area contributed by atoms with Crippen LogP contribution in [0.15, 0.2) is 33.0 Å². The Morgan fingerprint density at radius 1 is 1.50 bits per heavy atom. The van der Waals surface area contributed by atoms with Crippen molar-refractivity contribution in [1.82, 2.24) is 10.2 Å². The first-order chi connectivity index (χ1) is 8.59. The highest BCUT2D eigenvalue weighted by molar-refractivity contribution is 9.10. The second-order valence-electron chi connectivity index (χ2n) is 4.31. The maximum atomic E-state index is 11.5. The SMILES string of the molecule is CC(C)C(Nc1cn[nH]c(=O)c1Br)c1cccs1. The van der Waals surface area contributed by atoms with Gasteiger partial charge in [0.25, 0.3) is 5.56 Å². The minimum absolute atomic E-state index is 0.171. The van der Waals surface area contributed by atoms with E-state index < -0.39 is 0 Å². The molecule has 0 saturated carbocycles. The van der Waals surface area contributed by atoms with Crippen LogP contribution in [0.5, 0.6) is 0 Å². The Labute approximate surface area is 118 Å². The number of H-pyrrole nitrogens is 1. The number of nitrogens with one attached hydrogen (secondary N) is 2. The van der Waals surface area contributed by atoms with Crippen LogP contribution in [-0.2, 0) is 0 Å². The fourth-order valence-corrected chi connectivity index (χ4v) is 2.94. The fourth-order valence-electron chi connectivity index (χ4n) is 1.69. The van der Waals surface area contributed by atoms with Crippen molar-refractivity contribution in [2.75, 3.05) is 5.32 Å². The molecule has 0 spiro atoms. The van der Waals surface area contributed by atoms with Gasteiger partial charge in [-0.3, -0.25) is 4.79 Å². The minimum Gasteiger partial charge on any atom is -0.375 e. The number of thiophene rings is 1. The average molecular weight is 328 g/mol. The van der Waals surface area contributed by atoms with Crippen LogP contribution in [0, 0.1) is 5.92 Å². The van der Waals surface area contributed by atoms with Gasteiger partial charge in [0.15, 0.2) is 0 Å². The van der Waals surface area contributed by atoms with Crippen LogP contribution in [0.4, 0.5) is 5.69 Å². The van der Waals surface area contributed by atoms with Gasteiger partial charge < -0.3 is 5.32 Å². The van der Waals surface area contributed by atoms with Gasteiger partial charge in [0, 0.05) is 4.88 Å². The number of aromatic amines is 1. The Balaban J connectivity index is 2.30. The van der Waals surface area contributed by atoms with Crippen LogP contribution >= 0.6 is 27.3 Å². The smallest absolute Gasteiger partial charge is 0.280 e. The van der Waals surface area contributed by atoms with Gasteiger partial charge in [0.2, 0.25) is 0 Å². The summed E-state index contributed by atoms with van der Waals surface area (Å²) in [6.45, 7) is 4.29. The monoisotopic (exact) mass is 327 g/mol. The zero-order valence-electron chi connectivity index (χ0n) is 10.1. The summed E-state index contributed by atoms with van der Waals surface area (Å²) in [4.78, 5) is 12.7. The molecule has 0 aliphatic carbocycles. The van der Waals surface area contributed by atoms with Crippen LogP contribution in [0.1, 0.15) is 24.8 Å². The molecule has 96 valence electrons. The number of hydrogen-bond donors (Lipinski definition) is 2. The lowest BCUT2D eigenvalue weighted by molar-refractivity contribution is 0.553. The van der Waals surface area contributed by atoms with E-state index in [1.807, 2.05) is 6.07 Å². The summed E-state index contributed by atoms with van der Waals surface area (Å²) in [5.74, 6) is 0.412. The van der Waals surface area contributed by atoms with Crippen molar-refractivity contribution in [3.8, 4) is 0 Å². The van der Waals surface area contributed by atoms with E-state index in [2.05, 4.69) is 56.7 Å². The van der Waals surface area contributed by atoms with E-state index in [0.717, 1.165) is 0 Å². The highest BCUT2D eigenvalue weighted by Gasteiger charge is 2.18. The van der Waals surface area contributed by atoms with E-state index in [1.165, 1.54) is 4.88 Å². The summed E-state index contributed by atoms with van der Waals surface area (Å²) in [6.07, 6.45) is 1.62. The Morgan fingerprint density at radius 3 is 2.89 bits per heavy atom. The van der Waals surface area contributed by atoms with Crippen molar-refractivity contribution in [3.05, 3.63) is 43.4 Å².